The van der Waals surface area contributed by atoms with Gasteiger partial charge in [-0.15, -0.1) is 0 Å². The van der Waals surface area contributed by atoms with E-state index in [1.807, 2.05) is 0 Å². The maximum absolute atomic E-state index is 12.8. The second-order valence-corrected chi connectivity index (χ2v) is 8.07. The van der Waals surface area contributed by atoms with Gasteiger partial charge in [0.15, 0.2) is 9.84 Å². The van der Waals surface area contributed by atoms with Crippen molar-refractivity contribution in [2.24, 2.45) is 5.73 Å². The summed E-state index contributed by atoms with van der Waals surface area (Å²) in [6, 6.07) is 7.85. The van der Waals surface area contributed by atoms with Crippen molar-refractivity contribution < 1.29 is 18.6 Å². The van der Waals surface area contributed by atoms with Crippen LogP contribution in [0.25, 0.3) is 10.8 Å². The number of hydrogen-bond donors (Lipinski definition) is 3. The molecule has 5 nitrogen and oxygen atoms in total. The number of fused-ring (bicyclic) bond motifs is 1. The summed E-state index contributed by atoms with van der Waals surface area (Å²) < 4.78 is 25.6. The molecule has 2 aromatic carbocycles. The average Bonchev–Trinajstić information content (AvgIpc) is 2.51. The lowest BCUT2D eigenvalue weighted by atomic mass is 9.96. The summed E-state index contributed by atoms with van der Waals surface area (Å²) in [5.41, 5.74) is 5.82. The van der Waals surface area contributed by atoms with Crippen LogP contribution in [0.1, 0.15) is 25.7 Å². The van der Waals surface area contributed by atoms with Crippen molar-refractivity contribution in [2.75, 3.05) is 0 Å². The number of benzene rings is 2. The van der Waals surface area contributed by atoms with Crippen LogP contribution in [0.5, 0.6) is 11.5 Å². The van der Waals surface area contributed by atoms with Crippen molar-refractivity contribution in [1.82, 2.24) is 0 Å². The van der Waals surface area contributed by atoms with Gasteiger partial charge in [-0.3, -0.25) is 0 Å². The van der Waals surface area contributed by atoms with Crippen molar-refractivity contribution in [3.05, 3.63) is 30.3 Å². The van der Waals surface area contributed by atoms with Gasteiger partial charge in [-0.2, -0.15) is 0 Å². The maximum Gasteiger partial charge on any atom is 0.185 e. The number of aromatic hydroxyl groups is 2. The molecule has 0 radical (unpaired) electrons. The third kappa shape index (κ3) is 2.42. The number of sulfone groups is 1. The molecule has 1 fully saturated rings. The Morgan fingerprint density at radius 1 is 1.00 bits per heavy atom. The largest absolute Gasteiger partial charge is 0.507 e. The summed E-state index contributed by atoms with van der Waals surface area (Å²) in [4.78, 5) is -0.191. The molecule has 0 aromatic heterocycles. The summed E-state index contributed by atoms with van der Waals surface area (Å²) in [6.07, 6.45) is 2.28. The molecule has 0 amide bonds. The first-order valence-corrected chi connectivity index (χ1v) is 8.89. The van der Waals surface area contributed by atoms with Gasteiger partial charge in [0.1, 0.15) is 16.4 Å². The maximum atomic E-state index is 12.8. The van der Waals surface area contributed by atoms with Crippen LogP contribution < -0.4 is 5.73 Å². The van der Waals surface area contributed by atoms with Gasteiger partial charge in [0, 0.05) is 22.9 Å². The predicted octanol–water partition coefficient (Wildman–Crippen LogP) is 2.29. The summed E-state index contributed by atoms with van der Waals surface area (Å²) in [7, 11) is -3.70. The fourth-order valence-electron chi connectivity index (χ4n) is 3.11. The summed E-state index contributed by atoms with van der Waals surface area (Å²) in [5, 5.41) is 20.7. The molecule has 2 aromatic rings. The van der Waals surface area contributed by atoms with Gasteiger partial charge in [0.2, 0.25) is 0 Å². The molecule has 0 unspecified atom stereocenters. The van der Waals surface area contributed by atoms with Crippen molar-refractivity contribution in [3.63, 3.8) is 0 Å². The molecule has 0 saturated heterocycles. The first-order chi connectivity index (χ1) is 10.4. The van der Waals surface area contributed by atoms with E-state index in [2.05, 4.69) is 0 Å². The minimum absolute atomic E-state index is 0.0463. The molecule has 4 N–H and O–H groups in total. The molecule has 0 spiro atoms. The van der Waals surface area contributed by atoms with Gasteiger partial charge in [0.05, 0.1) is 5.25 Å². The molecule has 3 rings (SSSR count). The van der Waals surface area contributed by atoms with E-state index in [1.165, 1.54) is 0 Å². The molecule has 0 bridgehead atoms. The highest BCUT2D eigenvalue weighted by Crippen LogP contribution is 2.40. The minimum atomic E-state index is -3.70. The third-order valence-corrected chi connectivity index (χ3v) is 6.70. The zero-order valence-corrected chi connectivity index (χ0v) is 12.9. The molecule has 0 aliphatic heterocycles. The van der Waals surface area contributed by atoms with Crippen LogP contribution in [0.15, 0.2) is 35.2 Å². The molecule has 118 valence electrons. The van der Waals surface area contributed by atoms with Crippen molar-refractivity contribution in [3.8, 4) is 11.5 Å². The number of rotatable bonds is 2. The van der Waals surface area contributed by atoms with Crippen molar-refractivity contribution in [2.45, 2.75) is 41.9 Å². The highest BCUT2D eigenvalue weighted by Gasteiger charge is 2.33. The summed E-state index contributed by atoms with van der Waals surface area (Å²) >= 11 is 0. The lowest BCUT2D eigenvalue weighted by molar-refractivity contribution is 0.428. The molecule has 6 heteroatoms. The highest BCUT2D eigenvalue weighted by molar-refractivity contribution is 7.92. The van der Waals surface area contributed by atoms with Gasteiger partial charge < -0.3 is 15.9 Å². The molecular weight excluding hydrogens is 302 g/mol. The van der Waals surface area contributed by atoms with Crippen LogP contribution in [0.3, 0.4) is 0 Å². The van der Waals surface area contributed by atoms with E-state index in [9.17, 15) is 18.6 Å². The smallest absolute Gasteiger partial charge is 0.185 e. The normalized spacial score (nSPS) is 22.8. The molecule has 0 heterocycles. The first-order valence-electron chi connectivity index (χ1n) is 7.34. The van der Waals surface area contributed by atoms with E-state index >= 15 is 0 Å². The molecular formula is C16H19NO4S. The average molecular weight is 321 g/mol. The van der Waals surface area contributed by atoms with Crippen molar-refractivity contribution in [1.29, 1.82) is 0 Å². The zero-order valence-electron chi connectivity index (χ0n) is 12.1. The second-order valence-electron chi connectivity index (χ2n) is 5.87. The lowest BCUT2D eigenvalue weighted by Crippen LogP contribution is -2.33. The third-order valence-electron chi connectivity index (χ3n) is 4.42. The zero-order chi connectivity index (χ0) is 15.9. The topological polar surface area (TPSA) is 101 Å². The Bertz CT molecular complexity index is 808. The SMILES string of the molecule is NC1CCC(S(=O)(=O)c2cc(O)c3ccccc3c2O)CC1. The van der Waals surface area contributed by atoms with E-state index in [-0.39, 0.29) is 22.4 Å². The fourth-order valence-corrected chi connectivity index (χ4v) is 5.02. The van der Waals surface area contributed by atoms with Gasteiger partial charge in [-0.25, -0.2) is 8.42 Å². The molecule has 1 aliphatic carbocycles. The first kappa shape index (κ1) is 15.1. The van der Waals surface area contributed by atoms with E-state index in [1.54, 1.807) is 24.3 Å². The van der Waals surface area contributed by atoms with Gasteiger partial charge in [0.25, 0.3) is 0 Å². The molecule has 1 saturated carbocycles. The Morgan fingerprint density at radius 2 is 1.59 bits per heavy atom. The van der Waals surface area contributed by atoms with Gasteiger partial charge >= 0.3 is 0 Å². The van der Waals surface area contributed by atoms with E-state index in [4.69, 9.17) is 5.73 Å². The molecule has 1 aliphatic rings. The van der Waals surface area contributed by atoms with Gasteiger partial charge in [-0.1, -0.05) is 24.3 Å². The van der Waals surface area contributed by atoms with Crippen molar-refractivity contribution >= 4 is 20.6 Å². The predicted molar refractivity (Wildman–Crippen MR) is 84.7 cm³/mol. The van der Waals surface area contributed by atoms with Gasteiger partial charge in [-0.05, 0) is 25.7 Å². The lowest BCUT2D eigenvalue weighted by Gasteiger charge is -2.26. The standard InChI is InChI=1S/C16H19NO4S/c17-10-5-7-11(8-6-10)22(20,21)15-9-14(18)12-3-1-2-4-13(12)16(15)19/h1-4,9-11,18-19H,5-8,17H2. The van der Waals surface area contributed by atoms with Crippen LogP contribution in [-0.4, -0.2) is 29.9 Å². The quantitative estimate of drug-likeness (QED) is 0.737. The van der Waals surface area contributed by atoms with Crippen LogP contribution in [-0.2, 0) is 9.84 Å². The summed E-state index contributed by atoms with van der Waals surface area (Å²) in [5.74, 6) is -0.428. The molecule has 22 heavy (non-hydrogen) atoms. The van der Waals surface area contributed by atoms with Crippen LogP contribution in [0.2, 0.25) is 0 Å². The number of nitrogens with two attached hydrogens (primary N) is 1. The Hall–Kier alpha value is -1.79. The van der Waals surface area contributed by atoms with E-state index in [0.717, 1.165) is 6.07 Å². The minimum Gasteiger partial charge on any atom is -0.507 e. The Balaban J connectivity index is 2.11. The van der Waals surface area contributed by atoms with Crippen LogP contribution in [0.4, 0.5) is 0 Å². The Kier molecular flexibility index (Phi) is 3.74. The van der Waals surface area contributed by atoms with Crippen LogP contribution >= 0.6 is 0 Å². The van der Waals surface area contributed by atoms with E-state index < -0.39 is 15.1 Å². The van der Waals surface area contributed by atoms with E-state index in [0.29, 0.717) is 36.5 Å². The Morgan fingerprint density at radius 3 is 2.23 bits per heavy atom. The number of phenolic OH excluding ortho intramolecular Hbond substituents is 2. The highest BCUT2D eigenvalue weighted by atomic mass is 32.2. The molecule has 0 atom stereocenters. The van der Waals surface area contributed by atoms with Crippen LogP contribution in [0, 0.1) is 0 Å². The number of phenols is 2. The monoisotopic (exact) mass is 321 g/mol. The fraction of sp³-hybridized carbons (Fsp3) is 0.375. The Labute approximate surface area is 129 Å². The number of hydrogen-bond acceptors (Lipinski definition) is 5. The summed E-state index contributed by atoms with van der Waals surface area (Å²) in [6.45, 7) is 0. The second kappa shape index (κ2) is 5.44.